The lowest BCUT2D eigenvalue weighted by atomic mass is 10.0. The van der Waals surface area contributed by atoms with Gasteiger partial charge >= 0.3 is 5.97 Å². The minimum absolute atomic E-state index is 0.301. The zero-order valence-corrected chi connectivity index (χ0v) is 20.0. The molecule has 1 aliphatic rings. The standard InChI is InChI=1S/C16H22N2O.C8H9NO2.C2H6/c1-12-10-15(19-2)14(13-6-7-17-16(12)13)11-18-8-4-3-5-9-18;1-9-7-5-3-2-4-6(7)8(10)11;1-2/h6-7,10,17H,3-5,8-9,11H2,1-2H3;2-5,9H,1H3,(H,10,11);1-2H3. The Hall–Kier alpha value is -2.99. The molecule has 2 heterocycles. The van der Waals surface area contributed by atoms with Crippen LogP contribution in [0.2, 0.25) is 0 Å². The molecule has 1 fully saturated rings. The number of anilines is 1. The van der Waals surface area contributed by atoms with Gasteiger partial charge in [0.1, 0.15) is 5.75 Å². The summed E-state index contributed by atoms with van der Waals surface area (Å²) in [7, 11) is 3.47. The number of methoxy groups -OCH3 is 1. The molecule has 0 saturated carbocycles. The van der Waals surface area contributed by atoms with Crippen LogP contribution in [0.5, 0.6) is 5.75 Å². The third-order valence-electron chi connectivity index (χ3n) is 5.59. The number of piperidine rings is 1. The lowest BCUT2D eigenvalue weighted by molar-refractivity contribution is 0.0698. The summed E-state index contributed by atoms with van der Waals surface area (Å²) in [5, 5.41) is 12.8. The first-order valence-corrected chi connectivity index (χ1v) is 11.4. The first-order valence-electron chi connectivity index (χ1n) is 11.4. The van der Waals surface area contributed by atoms with Gasteiger partial charge in [-0.3, -0.25) is 4.90 Å². The molecule has 6 nitrogen and oxygen atoms in total. The summed E-state index contributed by atoms with van der Waals surface area (Å²) in [6.07, 6.45) is 6.05. The van der Waals surface area contributed by atoms with Crippen LogP contribution in [0.3, 0.4) is 0 Å². The van der Waals surface area contributed by atoms with Crippen LogP contribution in [0, 0.1) is 6.92 Å². The largest absolute Gasteiger partial charge is 0.496 e. The van der Waals surface area contributed by atoms with Crippen LogP contribution < -0.4 is 10.1 Å². The maximum Gasteiger partial charge on any atom is 0.337 e. The third-order valence-corrected chi connectivity index (χ3v) is 5.59. The van der Waals surface area contributed by atoms with E-state index in [9.17, 15) is 4.79 Å². The number of aromatic amines is 1. The normalized spacial score (nSPS) is 13.4. The Kier molecular flexibility index (Phi) is 10.1. The molecule has 1 saturated heterocycles. The highest BCUT2D eigenvalue weighted by molar-refractivity contribution is 5.94. The van der Waals surface area contributed by atoms with E-state index in [1.54, 1.807) is 38.4 Å². The van der Waals surface area contributed by atoms with E-state index in [0.717, 1.165) is 12.3 Å². The summed E-state index contributed by atoms with van der Waals surface area (Å²) in [6.45, 7) is 9.55. The molecule has 0 unspecified atom stereocenters. The maximum absolute atomic E-state index is 10.5. The molecule has 174 valence electrons. The van der Waals surface area contributed by atoms with Gasteiger partial charge in [0, 0.05) is 41.9 Å². The fourth-order valence-electron chi connectivity index (χ4n) is 4.01. The summed E-state index contributed by atoms with van der Waals surface area (Å²) in [6, 6.07) is 11.1. The smallest absolute Gasteiger partial charge is 0.337 e. The van der Waals surface area contributed by atoms with Crippen LogP contribution in [-0.2, 0) is 6.54 Å². The molecular weight excluding hydrogens is 402 g/mol. The van der Waals surface area contributed by atoms with Gasteiger partial charge in [0.05, 0.1) is 12.7 Å². The van der Waals surface area contributed by atoms with Crippen molar-refractivity contribution in [2.24, 2.45) is 0 Å². The van der Waals surface area contributed by atoms with Gasteiger partial charge in [-0.05, 0) is 62.7 Å². The number of aromatic nitrogens is 1. The minimum Gasteiger partial charge on any atom is -0.496 e. The van der Waals surface area contributed by atoms with Crippen LogP contribution in [-0.4, -0.2) is 48.2 Å². The SMILES string of the molecule is CC.CNc1ccccc1C(=O)O.COc1cc(C)c2[nH]ccc2c1CN1CCCCC1. The zero-order valence-electron chi connectivity index (χ0n) is 20.0. The fraction of sp³-hybridized carbons (Fsp3) is 0.423. The Bertz CT molecular complexity index is 991. The number of hydrogen-bond donors (Lipinski definition) is 3. The number of aromatic carboxylic acids is 1. The average Bonchev–Trinajstić information content (AvgIpc) is 3.34. The van der Waals surface area contributed by atoms with Crippen molar-refractivity contribution >= 4 is 22.6 Å². The Morgan fingerprint density at radius 1 is 1.16 bits per heavy atom. The Morgan fingerprint density at radius 3 is 2.44 bits per heavy atom. The highest BCUT2D eigenvalue weighted by Crippen LogP contribution is 2.32. The molecule has 2 aromatic carbocycles. The number of benzene rings is 2. The van der Waals surface area contributed by atoms with Gasteiger partial charge in [-0.2, -0.15) is 0 Å². The number of aryl methyl sites for hydroxylation is 1. The molecule has 6 heteroatoms. The van der Waals surface area contributed by atoms with E-state index in [-0.39, 0.29) is 0 Å². The molecule has 0 aliphatic carbocycles. The molecule has 1 aliphatic heterocycles. The quantitative estimate of drug-likeness (QED) is 0.460. The van der Waals surface area contributed by atoms with Crippen LogP contribution in [0.1, 0.15) is 54.6 Å². The van der Waals surface area contributed by atoms with Crippen molar-refractivity contribution in [3.05, 3.63) is 59.3 Å². The summed E-state index contributed by atoms with van der Waals surface area (Å²) >= 11 is 0. The van der Waals surface area contributed by atoms with E-state index < -0.39 is 5.97 Å². The Balaban J connectivity index is 0.000000239. The molecular formula is C26H37N3O3. The van der Waals surface area contributed by atoms with Crippen molar-refractivity contribution in [2.75, 3.05) is 32.6 Å². The molecule has 3 aromatic rings. The molecule has 3 N–H and O–H groups in total. The number of para-hydroxylation sites is 1. The topological polar surface area (TPSA) is 77.6 Å². The maximum atomic E-state index is 10.5. The highest BCUT2D eigenvalue weighted by Gasteiger charge is 2.17. The van der Waals surface area contributed by atoms with E-state index >= 15 is 0 Å². The summed E-state index contributed by atoms with van der Waals surface area (Å²) in [5.41, 5.74) is 4.76. The van der Waals surface area contributed by atoms with Gasteiger partial charge in [0.15, 0.2) is 0 Å². The van der Waals surface area contributed by atoms with E-state index in [1.165, 1.54) is 54.4 Å². The molecule has 32 heavy (non-hydrogen) atoms. The van der Waals surface area contributed by atoms with Crippen LogP contribution in [0.15, 0.2) is 42.6 Å². The number of hydrogen-bond acceptors (Lipinski definition) is 4. The number of carboxylic acid groups (broad SMARTS) is 1. The number of nitrogens with zero attached hydrogens (tertiary/aromatic N) is 1. The number of carboxylic acids is 1. The van der Waals surface area contributed by atoms with E-state index in [1.807, 2.05) is 20.0 Å². The summed E-state index contributed by atoms with van der Waals surface area (Å²) in [5.74, 6) is 0.116. The van der Waals surface area contributed by atoms with Crippen molar-refractivity contribution in [3.63, 3.8) is 0 Å². The predicted molar refractivity (Wildman–Crippen MR) is 133 cm³/mol. The van der Waals surface area contributed by atoms with Crippen molar-refractivity contribution in [1.82, 2.24) is 9.88 Å². The zero-order chi connectivity index (χ0) is 23.5. The molecule has 1 aromatic heterocycles. The molecule has 0 atom stereocenters. The third kappa shape index (κ3) is 6.26. The first kappa shape index (κ1) is 25.3. The van der Waals surface area contributed by atoms with Gasteiger partial charge in [-0.25, -0.2) is 4.79 Å². The minimum atomic E-state index is -0.907. The van der Waals surface area contributed by atoms with E-state index in [2.05, 4.69) is 34.3 Å². The number of likely N-dealkylation sites (tertiary alicyclic amines) is 1. The predicted octanol–water partition coefficient (Wildman–Crippen LogP) is 5.92. The average molecular weight is 440 g/mol. The molecule has 0 bridgehead atoms. The van der Waals surface area contributed by atoms with Gasteiger partial charge in [0.2, 0.25) is 0 Å². The van der Waals surface area contributed by atoms with Crippen LogP contribution in [0.4, 0.5) is 5.69 Å². The van der Waals surface area contributed by atoms with Gasteiger partial charge < -0.3 is 20.1 Å². The van der Waals surface area contributed by atoms with E-state index in [4.69, 9.17) is 9.84 Å². The molecule has 0 spiro atoms. The van der Waals surface area contributed by atoms with Crippen molar-refractivity contribution in [3.8, 4) is 5.75 Å². The monoisotopic (exact) mass is 439 g/mol. The summed E-state index contributed by atoms with van der Waals surface area (Å²) < 4.78 is 5.60. The number of fused-ring (bicyclic) bond motifs is 1. The fourth-order valence-corrected chi connectivity index (χ4v) is 4.01. The van der Waals surface area contributed by atoms with Crippen LogP contribution in [0.25, 0.3) is 10.9 Å². The second-order valence-electron chi connectivity index (χ2n) is 7.58. The Labute approximate surface area is 191 Å². The first-order chi connectivity index (χ1) is 15.5. The van der Waals surface area contributed by atoms with Crippen molar-refractivity contribution in [2.45, 2.75) is 46.6 Å². The summed E-state index contributed by atoms with van der Waals surface area (Å²) in [4.78, 5) is 16.4. The number of ether oxygens (including phenoxy) is 1. The van der Waals surface area contributed by atoms with Crippen molar-refractivity contribution in [1.29, 1.82) is 0 Å². The molecule has 4 rings (SSSR count). The number of H-pyrrole nitrogens is 1. The Morgan fingerprint density at radius 2 is 1.84 bits per heavy atom. The van der Waals surface area contributed by atoms with E-state index in [0.29, 0.717) is 11.3 Å². The van der Waals surface area contributed by atoms with Gasteiger partial charge in [0.25, 0.3) is 0 Å². The lowest BCUT2D eigenvalue weighted by Gasteiger charge is -2.27. The molecule has 0 amide bonds. The van der Waals surface area contributed by atoms with Gasteiger partial charge in [-0.15, -0.1) is 0 Å². The van der Waals surface area contributed by atoms with Crippen LogP contribution >= 0.6 is 0 Å². The molecule has 0 radical (unpaired) electrons. The lowest BCUT2D eigenvalue weighted by Crippen LogP contribution is -2.29. The number of rotatable bonds is 5. The second kappa shape index (κ2) is 12.8. The number of carbonyl (C=O) groups is 1. The number of nitrogens with one attached hydrogen (secondary N) is 2. The van der Waals surface area contributed by atoms with Crippen molar-refractivity contribution < 1.29 is 14.6 Å². The van der Waals surface area contributed by atoms with Gasteiger partial charge in [-0.1, -0.05) is 32.4 Å². The second-order valence-corrected chi connectivity index (χ2v) is 7.58. The highest BCUT2D eigenvalue weighted by atomic mass is 16.5.